The third kappa shape index (κ3) is 6.29. The molecule has 0 saturated heterocycles. The highest BCUT2D eigenvalue weighted by atomic mass is 32.2. The van der Waals surface area contributed by atoms with Crippen molar-refractivity contribution in [3.8, 4) is 11.5 Å². The molecule has 3 aliphatic rings. The molecule has 0 spiro atoms. The minimum atomic E-state index is -5.62. The molecule has 0 heterocycles. The summed E-state index contributed by atoms with van der Waals surface area (Å²) in [6.45, 7) is 0. The first kappa shape index (κ1) is 31.0. The lowest BCUT2D eigenvalue weighted by atomic mass is 9.83. The molecule has 2 aromatic carbocycles. The molecule has 3 aliphatic carbocycles. The second-order valence-corrected chi connectivity index (χ2v) is 13.2. The summed E-state index contributed by atoms with van der Waals surface area (Å²) in [5, 5.41) is 5.40. The zero-order chi connectivity index (χ0) is 31.1. The van der Waals surface area contributed by atoms with Crippen LogP contribution < -0.4 is 20.1 Å². The van der Waals surface area contributed by atoms with E-state index in [2.05, 4.69) is 10.6 Å². The third-order valence-corrected chi connectivity index (χ3v) is 10.1. The number of rotatable bonds is 8. The minimum Gasteiger partial charge on any atom is -0.496 e. The summed E-state index contributed by atoms with van der Waals surface area (Å²) in [5.41, 5.74) is -5.66. The number of anilines is 1. The van der Waals surface area contributed by atoms with Crippen LogP contribution in [0.15, 0.2) is 41.3 Å². The largest absolute Gasteiger partial charge is 0.501 e. The van der Waals surface area contributed by atoms with Gasteiger partial charge in [-0.25, -0.2) is 17.2 Å². The highest BCUT2D eigenvalue weighted by Crippen LogP contribution is 2.49. The molecule has 4 atom stereocenters. The molecule has 0 unspecified atom stereocenters. The fourth-order valence-electron chi connectivity index (χ4n) is 6.50. The second kappa shape index (κ2) is 11.9. The normalized spacial score (nSPS) is 27.0. The molecule has 0 radical (unpaired) electrons. The lowest BCUT2D eigenvalue weighted by molar-refractivity contribution is -0.122. The Morgan fingerprint density at radius 1 is 0.953 bits per heavy atom. The van der Waals surface area contributed by atoms with Crippen molar-refractivity contribution in [3.05, 3.63) is 47.8 Å². The first-order valence-electron chi connectivity index (χ1n) is 14.0. The van der Waals surface area contributed by atoms with Crippen LogP contribution in [-0.2, 0) is 14.6 Å². The zero-order valence-electron chi connectivity index (χ0n) is 23.1. The molecule has 43 heavy (non-hydrogen) atoms. The van der Waals surface area contributed by atoms with E-state index >= 15 is 0 Å². The molecule has 8 nitrogen and oxygen atoms in total. The fourth-order valence-corrected chi connectivity index (χ4v) is 7.30. The molecular weight excluding hydrogens is 599 g/mol. The van der Waals surface area contributed by atoms with E-state index in [0.717, 1.165) is 30.7 Å². The van der Waals surface area contributed by atoms with Gasteiger partial charge in [0.05, 0.1) is 29.6 Å². The molecule has 3 fully saturated rings. The number of carbonyl (C=O) groups excluding carboxylic acids is 2. The number of fused-ring (bicyclic) bond motifs is 2. The molecule has 0 aromatic heterocycles. The Balaban J connectivity index is 1.34. The number of benzene rings is 2. The molecule has 2 bridgehead atoms. The monoisotopic (exact) mass is 630 g/mol. The topological polar surface area (TPSA) is 111 Å². The molecule has 0 aliphatic heterocycles. The highest BCUT2D eigenvalue weighted by molar-refractivity contribution is 7.92. The van der Waals surface area contributed by atoms with Crippen molar-refractivity contribution in [3.63, 3.8) is 0 Å². The van der Waals surface area contributed by atoms with Crippen LogP contribution in [0.1, 0.15) is 55.3 Å². The fraction of sp³-hybridized carbons (Fsp3) is 0.517. The summed E-state index contributed by atoms with van der Waals surface area (Å²) in [4.78, 5) is 25.9. The smallest absolute Gasteiger partial charge is 0.496 e. The Kier molecular flexibility index (Phi) is 8.61. The maximum absolute atomic E-state index is 14.8. The van der Waals surface area contributed by atoms with Crippen molar-refractivity contribution in [2.24, 2.45) is 17.8 Å². The Bertz CT molecular complexity index is 1490. The predicted molar refractivity (Wildman–Crippen MR) is 145 cm³/mol. The first-order chi connectivity index (χ1) is 20.3. The van der Waals surface area contributed by atoms with Gasteiger partial charge in [0.1, 0.15) is 11.9 Å². The summed E-state index contributed by atoms with van der Waals surface area (Å²) in [5.74, 6) is -3.10. The van der Waals surface area contributed by atoms with Gasteiger partial charge in [0.2, 0.25) is 5.91 Å². The molecule has 234 valence electrons. The molecule has 2 aromatic rings. The third-order valence-electron chi connectivity index (χ3n) is 8.63. The van der Waals surface area contributed by atoms with Gasteiger partial charge in [-0.1, -0.05) is 6.07 Å². The van der Waals surface area contributed by atoms with E-state index in [0.29, 0.717) is 38.5 Å². The number of methoxy groups -OCH3 is 1. The molecule has 2 N–H and O–H groups in total. The molecule has 3 saturated carbocycles. The van der Waals surface area contributed by atoms with Crippen LogP contribution >= 0.6 is 0 Å². The standard InChI is InChI=1S/C29H31F5N2O6S/c1-41-23-14-22(31)24(42-19-9-7-17(30)8-10-19)13-21(23)27(37)36-26-16-6-5-15(11-16)25(26)28(38)35-18-3-2-4-20(12-18)43(39,40)29(32,33)34/h2-4,12-17,19,25-26H,5-11H2,1H3,(H,35,38)(H,36,37)/t15-,16+,17?,19?,25+,26-/m1/s1. The summed E-state index contributed by atoms with van der Waals surface area (Å²) in [6, 6.07) is 5.51. The zero-order valence-corrected chi connectivity index (χ0v) is 23.9. The Morgan fingerprint density at radius 3 is 2.33 bits per heavy atom. The van der Waals surface area contributed by atoms with Crippen LogP contribution in [0.3, 0.4) is 0 Å². The lowest BCUT2D eigenvalue weighted by Gasteiger charge is -2.31. The van der Waals surface area contributed by atoms with Crippen molar-refractivity contribution in [2.45, 2.75) is 73.7 Å². The maximum Gasteiger partial charge on any atom is 0.501 e. The number of nitrogens with one attached hydrogen (secondary N) is 2. The van der Waals surface area contributed by atoms with Gasteiger partial charge in [-0.05, 0) is 81.0 Å². The van der Waals surface area contributed by atoms with E-state index in [-0.39, 0.29) is 34.6 Å². The maximum atomic E-state index is 14.8. The molecule has 5 rings (SSSR count). The quantitative estimate of drug-likeness (QED) is 0.369. The van der Waals surface area contributed by atoms with Gasteiger partial charge >= 0.3 is 5.51 Å². The van der Waals surface area contributed by atoms with Gasteiger partial charge < -0.3 is 20.1 Å². The van der Waals surface area contributed by atoms with E-state index in [1.807, 2.05) is 0 Å². The van der Waals surface area contributed by atoms with E-state index < -0.39 is 62.1 Å². The van der Waals surface area contributed by atoms with Crippen molar-refractivity contribution in [2.75, 3.05) is 12.4 Å². The van der Waals surface area contributed by atoms with Crippen LogP contribution in [0.5, 0.6) is 11.5 Å². The average molecular weight is 631 g/mol. The van der Waals surface area contributed by atoms with Gasteiger partial charge in [0.15, 0.2) is 11.6 Å². The van der Waals surface area contributed by atoms with Gasteiger partial charge in [0.25, 0.3) is 15.7 Å². The number of hydrogen-bond donors (Lipinski definition) is 2. The number of sulfone groups is 1. The summed E-state index contributed by atoms with van der Waals surface area (Å²) in [7, 11) is -4.35. The summed E-state index contributed by atoms with van der Waals surface area (Å²) < 4.78 is 102. The van der Waals surface area contributed by atoms with E-state index in [4.69, 9.17) is 9.47 Å². The Hall–Kier alpha value is -3.42. The van der Waals surface area contributed by atoms with Crippen molar-refractivity contribution < 1.29 is 49.4 Å². The van der Waals surface area contributed by atoms with Crippen LogP contribution in [0.25, 0.3) is 0 Å². The summed E-state index contributed by atoms with van der Waals surface area (Å²) >= 11 is 0. The number of alkyl halides is 4. The van der Waals surface area contributed by atoms with Gasteiger partial charge in [0, 0.05) is 17.8 Å². The molecular formula is C29H31F5N2O6S. The summed E-state index contributed by atoms with van der Waals surface area (Å²) in [6.07, 6.45) is 2.15. The van der Waals surface area contributed by atoms with Crippen LogP contribution in [-0.4, -0.2) is 51.2 Å². The Labute approximate surface area is 245 Å². The van der Waals surface area contributed by atoms with Crippen molar-refractivity contribution >= 4 is 27.3 Å². The second-order valence-electron chi connectivity index (χ2n) is 11.3. The first-order valence-corrected chi connectivity index (χ1v) is 15.5. The number of hydrogen-bond acceptors (Lipinski definition) is 6. The number of halogens is 5. The number of ether oxygens (including phenoxy) is 2. The minimum absolute atomic E-state index is 0.0231. The van der Waals surface area contributed by atoms with Gasteiger partial charge in [-0.2, -0.15) is 13.2 Å². The average Bonchev–Trinajstić information content (AvgIpc) is 3.56. The van der Waals surface area contributed by atoms with Gasteiger partial charge in [-0.3, -0.25) is 9.59 Å². The SMILES string of the molecule is COc1cc(F)c(OC2CCC(F)CC2)cc1C(=O)N[C@@H]1[C@H]2CC[C@H](C2)[C@@H]1C(=O)Nc1cccc(S(=O)(=O)C(F)(F)F)c1. The lowest BCUT2D eigenvalue weighted by Crippen LogP contribution is -2.48. The Morgan fingerprint density at radius 2 is 1.65 bits per heavy atom. The van der Waals surface area contributed by atoms with Crippen LogP contribution in [0.4, 0.5) is 27.6 Å². The van der Waals surface area contributed by atoms with Crippen LogP contribution in [0.2, 0.25) is 0 Å². The van der Waals surface area contributed by atoms with Gasteiger partial charge in [-0.15, -0.1) is 0 Å². The van der Waals surface area contributed by atoms with Crippen molar-refractivity contribution in [1.82, 2.24) is 5.32 Å². The highest BCUT2D eigenvalue weighted by Gasteiger charge is 2.52. The predicted octanol–water partition coefficient (Wildman–Crippen LogP) is 5.57. The van der Waals surface area contributed by atoms with E-state index in [1.54, 1.807) is 0 Å². The molecule has 2 amide bonds. The molecule has 14 heteroatoms. The number of amides is 2. The van der Waals surface area contributed by atoms with E-state index in [1.165, 1.54) is 19.2 Å². The van der Waals surface area contributed by atoms with Crippen LogP contribution in [0, 0.1) is 23.6 Å². The van der Waals surface area contributed by atoms with Crippen molar-refractivity contribution in [1.29, 1.82) is 0 Å². The van der Waals surface area contributed by atoms with E-state index in [9.17, 15) is 40.0 Å². The number of carbonyl (C=O) groups is 2.